The molecular formula is C21H25N3O4. The van der Waals surface area contributed by atoms with Crippen molar-refractivity contribution in [2.45, 2.75) is 52.4 Å². The fourth-order valence-corrected chi connectivity index (χ4v) is 2.73. The van der Waals surface area contributed by atoms with Crippen molar-refractivity contribution in [3.05, 3.63) is 63.2 Å². The van der Waals surface area contributed by atoms with Gasteiger partial charge in [0.15, 0.2) is 0 Å². The quantitative estimate of drug-likeness (QED) is 0.409. The van der Waals surface area contributed by atoms with Gasteiger partial charge in [0, 0.05) is 23.3 Å². The Labute approximate surface area is 164 Å². The van der Waals surface area contributed by atoms with E-state index in [1.54, 1.807) is 12.1 Å². The Bertz CT molecular complexity index is 916. The molecule has 0 bridgehead atoms. The van der Waals surface area contributed by atoms with Crippen LogP contribution in [0.5, 0.6) is 5.75 Å². The van der Waals surface area contributed by atoms with Crippen LogP contribution in [0.3, 0.4) is 0 Å². The summed E-state index contributed by atoms with van der Waals surface area (Å²) in [5, 5.41) is 29.3. The lowest BCUT2D eigenvalue weighted by Crippen LogP contribution is -2.16. The number of carbonyl (C=O) groups excluding carboxylic acids is 1. The number of phenols is 1. The fraction of sp³-hybridized carbons (Fsp3) is 0.381. The number of rotatable bonds is 3. The summed E-state index contributed by atoms with van der Waals surface area (Å²) in [5.41, 5.74) is 1.08. The zero-order valence-corrected chi connectivity index (χ0v) is 17.0. The van der Waals surface area contributed by atoms with Crippen molar-refractivity contribution in [2.24, 2.45) is 10.2 Å². The second kappa shape index (κ2) is 7.50. The van der Waals surface area contributed by atoms with E-state index in [4.69, 9.17) is 0 Å². The first-order valence-corrected chi connectivity index (χ1v) is 8.89. The fourth-order valence-electron chi connectivity index (χ4n) is 2.73. The Morgan fingerprint density at radius 3 is 2.00 bits per heavy atom. The second-order valence-corrected chi connectivity index (χ2v) is 8.70. The summed E-state index contributed by atoms with van der Waals surface area (Å²) in [6.45, 7) is 11.9. The zero-order valence-electron chi connectivity index (χ0n) is 17.0. The first kappa shape index (κ1) is 21.2. The van der Waals surface area contributed by atoms with E-state index in [0.29, 0.717) is 16.8 Å². The third-order valence-electron chi connectivity index (χ3n) is 4.27. The lowest BCUT2D eigenvalue weighted by atomic mass is 9.79. The van der Waals surface area contributed by atoms with Crippen LogP contribution in [0, 0.1) is 10.1 Å². The normalized spacial score (nSPS) is 12.4. The monoisotopic (exact) mass is 383 g/mol. The molecule has 0 radical (unpaired) electrons. The third-order valence-corrected chi connectivity index (χ3v) is 4.27. The van der Waals surface area contributed by atoms with E-state index in [0.717, 1.165) is 0 Å². The Morgan fingerprint density at radius 2 is 1.54 bits per heavy atom. The van der Waals surface area contributed by atoms with Gasteiger partial charge in [-0.25, -0.2) is 0 Å². The van der Waals surface area contributed by atoms with Crippen LogP contribution in [0.15, 0.2) is 46.6 Å². The number of azo groups is 1. The number of nitro groups is 1. The number of nitrogens with zero attached hydrogens (tertiary/aromatic N) is 3. The highest BCUT2D eigenvalue weighted by molar-refractivity contribution is 5.95. The Hall–Kier alpha value is -3.09. The predicted octanol–water partition coefficient (Wildman–Crippen LogP) is 5.82. The van der Waals surface area contributed by atoms with Crippen molar-refractivity contribution < 1.29 is 14.8 Å². The van der Waals surface area contributed by atoms with Crippen molar-refractivity contribution in [3.63, 3.8) is 0 Å². The number of hydrogen-bond acceptors (Lipinski definition) is 5. The molecule has 0 atom stereocenters. The number of aromatic hydroxyl groups is 1. The van der Waals surface area contributed by atoms with Crippen molar-refractivity contribution in [1.82, 2.24) is 0 Å². The summed E-state index contributed by atoms with van der Waals surface area (Å²) in [6.07, 6.45) is 0. The summed E-state index contributed by atoms with van der Waals surface area (Å²) in [5.74, 6) is -0.463. The van der Waals surface area contributed by atoms with Crippen LogP contribution in [-0.2, 0) is 10.8 Å². The molecule has 0 unspecified atom stereocenters. The highest BCUT2D eigenvalue weighted by Crippen LogP contribution is 2.41. The van der Waals surface area contributed by atoms with Gasteiger partial charge in [0.05, 0.1) is 16.2 Å². The van der Waals surface area contributed by atoms with Gasteiger partial charge in [-0.2, -0.15) is 0 Å². The van der Waals surface area contributed by atoms with Crippen LogP contribution in [0.25, 0.3) is 0 Å². The number of nitro benzene ring substituents is 1. The van der Waals surface area contributed by atoms with E-state index >= 15 is 0 Å². The zero-order chi connectivity index (χ0) is 21.3. The maximum Gasteiger partial charge on any atom is 0.295 e. The van der Waals surface area contributed by atoms with E-state index in [2.05, 4.69) is 10.2 Å². The largest absolute Gasteiger partial charge is 0.507 e. The highest BCUT2D eigenvalue weighted by Gasteiger charge is 2.26. The molecule has 1 amide bonds. The molecule has 0 aliphatic carbocycles. The minimum absolute atomic E-state index is 0.0869. The van der Waals surface area contributed by atoms with Gasteiger partial charge >= 0.3 is 0 Å². The molecule has 2 aromatic rings. The Balaban J connectivity index is 2.46. The van der Waals surface area contributed by atoms with Crippen LogP contribution >= 0.6 is 0 Å². The molecular weight excluding hydrogens is 358 g/mol. The van der Waals surface area contributed by atoms with E-state index in [-0.39, 0.29) is 27.8 Å². The van der Waals surface area contributed by atoms with E-state index in [1.807, 2.05) is 41.5 Å². The molecule has 0 aliphatic rings. The topological polar surface area (TPSA) is 105 Å². The van der Waals surface area contributed by atoms with Crippen LogP contribution < -0.4 is 0 Å². The molecule has 28 heavy (non-hydrogen) atoms. The molecule has 148 valence electrons. The number of benzene rings is 2. The summed E-state index contributed by atoms with van der Waals surface area (Å²) in [4.78, 5) is 22.6. The minimum atomic E-state index is -0.675. The predicted molar refractivity (Wildman–Crippen MR) is 107 cm³/mol. The average molecular weight is 383 g/mol. The molecule has 0 aliphatic heterocycles. The first-order valence-electron chi connectivity index (χ1n) is 8.89. The molecule has 2 aromatic carbocycles. The Morgan fingerprint density at radius 1 is 1.00 bits per heavy atom. The number of carbonyl (C=O) groups is 1. The molecule has 0 aromatic heterocycles. The Kier molecular flexibility index (Phi) is 5.68. The molecule has 2 rings (SSSR count). The van der Waals surface area contributed by atoms with Gasteiger partial charge in [-0.05, 0) is 29.0 Å². The first-order chi connectivity index (χ1) is 12.8. The smallest absolute Gasteiger partial charge is 0.295 e. The maximum absolute atomic E-state index is 12.3. The van der Waals surface area contributed by atoms with E-state index < -0.39 is 10.8 Å². The van der Waals surface area contributed by atoms with E-state index in [9.17, 15) is 20.0 Å². The van der Waals surface area contributed by atoms with Crippen LogP contribution in [0.1, 0.15) is 63.0 Å². The van der Waals surface area contributed by atoms with E-state index in [1.165, 1.54) is 24.3 Å². The molecule has 0 saturated heterocycles. The molecule has 1 N–H and O–H groups in total. The van der Waals surface area contributed by atoms with Crippen LogP contribution in [-0.4, -0.2) is 15.9 Å². The van der Waals surface area contributed by atoms with Gasteiger partial charge in [-0.15, -0.1) is 10.2 Å². The second-order valence-electron chi connectivity index (χ2n) is 8.70. The maximum atomic E-state index is 12.3. The average Bonchev–Trinajstić information content (AvgIpc) is 2.58. The summed E-state index contributed by atoms with van der Waals surface area (Å²) in [7, 11) is 0. The van der Waals surface area contributed by atoms with Gasteiger partial charge in [0.2, 0.25) is 0 Å². The molecule has 7 nitrogen and oxygen atoms in total. The number of amides is 1. The van der Waals surface area contributed by atoms with Gasteiger partial charge in [0.25, 0.3) is 11.6 Å². The molecule has 7 heteroatoms. The molecule has 0 heterocycles. The van der Waals surface area contributed by atoms with Gasteiger partial charge in [-0.1, -0.05) is 47.6 Å². The van der Waals surface area contributed by atoms with Crippen LogP contribution in [0.2, 0.25) is 0 Å². The molecule has 0 spiro atoms. The molecule has 0 fully saturated rings. The van der Waals surface area contributed by atoms with Crippen molar-refractivity contribution in [3.8, 4) is 5.75 Å². The summed E-state index contributed by atoms with van der Waals surface area (Å²) in [6, 6.07) is 8.76. The minimum Gasteiger partial charge on any atom is -0.507 e. The SMILES string of the molecule is CC(C)(C)c1cc(N=NC(=O)c2cccc([N+](=O)[O-])c2)cc(C(C)(C)C)c1O. The summed E-state index contributed by atoms with van der Waals surface area (Å²) >= 11 is 0. The van der Waals surface area contributed by atoms with Gasteiger partial charge < -0.3 is 5.11 Å². The standard InChI is InChI=1S/C21H25N3O4/c1-20(2,3)16-11-14(12-17(18(16)25)21(4,5)6)22-23-19(26)13-8-7-9-15(10-13)24(27)28/h7-12,25H,1-6H3. The molecule has 0 saturated carbocycles. The van der Waals surface area contributed by atoms with Gasteiger partial charge in [0.1, 0.15) is 5.75 Å². The highest BCUT2D eigenvalue weighted by atomic mass is 16.6. The van der Waals surface area contributed by atoms with Crippen molar-refractivity contribution >= 4 is 17.3 Å². The van der Waals surface area contributed by atoms with Crippen molar-refractivity contribution in [1.29, 1.82) is 0 Å². The van der Waals surface area contributed by atoms with Crippen molar-refractivity contribution in [2.75, 3.05) is 0 Å². The van der Waals surface area contributed by atoms with Crippen LogP contribution in [0.4, 0.5) is 11.4 Å². The number of non-ortho nitro benzene ring substituents is 1. The third kappa shape index (κ3) is 4.79. The number of hydrogen-bond donors (Lipinski definition) is 1. The number of phenolic OH excluding ortho intramolecular Hbond substituents is 1. The van der Waals surface area contributed by atoms with Gasteiger partial charge in [-0.3, -0.25) is 14.9 Å². The lowest BCUT2D eigenvalue weighted by Gasteiger charge is -2.27. The lowest BCUT2D eigenvalue weighted by molar-refractivity contribution is -0.384. The summed E-state index contributed by atoms with van der Waals surface area (Å²) < 4.78 is 0.